The third kappa shape index (κ3) is 6.74. The van der Waals surface area contributed by atoms with Crippen LogP contribution in [-0.2, 0) is 4.74 Å². The molecule has 0 saturated heterocycles. The van der Waals surface area contributed by atoms with Crippen LogP contribution in [0.5, 0.6) is 0 Å². The van der Waals surface area contributed by atoms with Gasteiger partial charge in [-0.1, -0.05) is 57.5 Å². The molecule has 0 spiro atoms. The van der Waals surface area contributed by atoms with Crippen molar-refractivity contribution in [3.05, 3.63) is 35.4 Å². The summed E-state index contributed by atoms with van der Waals surface area (Å²) >= 11 is 0. The Bertz CT molecular complexity index is 351. The summed E-state index contributed by atoms with van der Waals surface area (Å²) in [6.45, 7) is 13.7. The lowest BCUT2D eigenvalue weighted by Gasteiger charge is -2.23. The molecule has 2 heteroatoms. The van der Waals surface area contributed by atoms with Crippen LogP contribution < -0.4 is 5.32 Å². The van der Waals surface area contributed by atoms with Crippen molar-refractivity contribution in [3.8, 4) is 0 Å². The van der Waals surface area contributed by atoms with E-state index in [1.54, 1.807) is 0 Å². The van der Waals surface area contributed by atoms with Crippen molar-refractivity contribution >= 4 is 0 Å². The van der Waals surface area contributed by atoms with Gasteiger partial charge in [-0.2, -0.15) is 0 Å². The summed E-state index contributed by atoms with van der Waals surface area (Å²) in [7, 11) is 0. The second kappa shape index (κ2) is 7.66. The molecule has 0 saturated carbocycles. The molecule has 1 unspecified atom stereocenters. The Hall–Kier alpha value is -0.860. The average molecular weight is 263 g/mol. The molecule has 19 heavy (non-hydrogen) atoms. The van der Waals surface area contributed by atoms with Crippen molar-refractivity contribution in [2.24, 2.45) is 5.41 Å². The molecular formula is C17H29NO. The van der Waals surface area contributed by atoms with E-state index in [0.29, 0.717) is 5.41 Å². The Balaban J connectivity index is 2.58. The van der Waals surface area contributed by atoms with E-state index in [2.05, 4.69) is 64.2 Å². The smallest absolute Gasteiger partial charge is 0.0949 e. The summed E-state index contributed by atoms with van der Waals surface area (Å²) in [5, 5.41) is 3.38. The van der Waals surface area contributed by atoms with Gasteiger partial charge in [0, 0.05) is 13.2 Å². The minimum absolute atomic E-state index is 0.155. The van der Waals surface area contributed by atoms with Crippen LogP contribution in [0.15, 0.2) is 24.3 Å². The summed E-state index contributed by atoms with van der Waals surface area (Å²) in [6, 6.07) is 8.66. The molecule has 0 bridgehead atoms. The molecule has 0 amide bonds. The molecular weight excluding hydrogens is 234 g/mol. The van der Waals surface area contributed by atoms with Crippen molar-refractivity contribution in [2.75, 3.05) is 19.7 Å². The predicted molar refractivity (Wildman–Crippen MR) is 82.5 cm³/mol. The van der Waals surface area contributed by atoms with Crippen LogP contribution in [0.3, 0.4) is 0 Å². The number of rotatable bonds is 7. The molecule has 1 aromatic carbocycles. The maximum atomic E-state index is 6.08. The van der Waals surface area contributed by atoms with E-state index in [0.717, 1.165) is 26.1 Å². The zero-order chi connectivity index (χ0) is 14.3. The Morgan fingerprint density at radius 2 is 1.79 bits per heavy atom. The van der Waals surface area contributed by atoms with Crippen LogP contribution in [-0.4, -0.2) is 19.7 Å². The largest absolute Gasteiger partial charge is 0.372 e. The lowest BCUT2D eigenvalue weighted by Crippen LogP contribution is -2.24. The van der Waals surface area contributed by atoms with Crippen molar-refractivity contribution in [2.45, 2.75) is 47.1 Å². The summed E-state index contributed by atoms with van der Waals surface area (Å²) in [4.78, 5) is 0. The quantitative estimate of drug-likeness (QED) is 0.799. The Kier molecular flexibility index (Phi) is 6.53. The van der Waals surface area contributed by atoms with Crippen molar-refractivity contribution in [1.29, 1.82) is 0 Å². The molecule has 1 aromatic rings. The average Bonchev–Trinajstić information content (AvgIpc) is 2.33. The number of benzene rings is 1. The molecule has 1 rings (SSSR count). The Labute approximate surface area is 118 Å². The van der Waals surface area contributed by atoms with Gasteiger partial charge in [-0.3, -0.25) is 0 Å². The van der Waals surface area contributed by atoms with E-state index in [9.17, 15) is 0 Å². The first kappa shape index (κ1) is 16.2. The van der Waals surface area contributed by atoms with E-state index >= 15 is 0 Å². The SMILES string of the molecule is CCNCC(OCCC(C)(C)C)c1ccc(C)cc1. The van der Waals surface area contributed by atoms with Crippen LogP contribution in [0.1, 0.15) is 51.3 Å². The van der Waals surface area contributed by atoms with E-state index in [1.807, 2.05) is 0 Å². The third-order valence-electron chi connectivity index (χ3n) is 3.20. The first-order chi connectivity index (χ1) is 8.92. The topological polar surface area (TPSA) is 21.3 Å². The fourth-order valence-electron chi connectivity index (χ4n) is 1.84. The number of aryl methyl sites for hydroxylation is 1. The number of hydrogen-bond donors (Lipinski definition) is 1. The minimum atomic E-state index is 0.155. The van der Waals surface area contributed by atoms with Gasteiger partial charge >= 0.3 is 0 Å². The van der Waals surface area contributed by atoms with Crippen molar-refractivity contribution < 1.29 is 4.74 Å². The second-order valence-corrected chi connectivity index (χ2v) is 6.39. The van der Waals surface area contributed by atoms with E-state index in [-0.39, 0.29) is 6.10 Å². The van der Waals surface area contributed by atoms with Crippen molar-refractivity contribution in [3.63, 3.8) is 0 Å². The Morgan fingerprint density at radius 1 is 1.16 bits per heavy atom. The maximum absolute atomic E-state index is 6.08. The van der Waals surface area contributed by atoms with E-state index in [4.69, 9.17) is 4.74 Å². The van der Waals surface area contributed by atoms with Crippen LogP contribution in [0.25, 0.3) is 0 Å². The van der Waals surface area contributed by atoms with Gasteiger partial charge in [-0.15, -0.1) is 0 Å². The molecule has 0 heterocycles. The molecule has 108 valence electrons. The maximum Gasteiger partial charge on any atom is 0.0949 e. The van der Waals surface area contributed by atoms with Crippen LogP contribution in [0.2, 0.25) is 0 Å². The monoisotopic (exact) mass is 263 g/mol. The van der Waals surface area contributed by atoms with E-state index in [1.165, 1.54) is 11.1 Å². The molecule has 0 aromatic heterocycles. The highest BCUT2D eigenvalue weighted by atomic mass is 16.5. The van der Waals surface area contributed by atoms with Gasteiger partial charge < -0.3 is 10.1 Å². The molecule has 1 atom stereocenters. The fraction of sp³-hybridized carbons (Fsp3) is 0.647. The lowest BCUT2D eigenvalue weighted by molar-refractivity contribution is 0.0373. The standard InChI is InChI=1S/C17H29NO/c1-6-18-13-16(19-12-11-17(3,4)5)15-9-7-14(2)8-10-15/h7-10,16,18H,6,11-13H2,1-5H3. The zero-order valence-electron chi connectivity index (χ0n) is 13.1. The van der Waals surface area contributed by atoms with Gasteiger partial charge in [0.05, 0.1) is 6.10 Å². The summed E-state index contributed by atoms with van der Waals surface area (Å²) in [6.07, 6.45) is 1.24. The summed E-state index contributed by atoms with van der Waals surface area (Å²) in [5.41, 5.74) is 2.89. The number of likely N-dealkylation sites (N-methyl/N-ethyl adjacent to an activating group) is 1. The highest BCUT2D eigenvalue weighted by Crippen LogP contribution is 2.22. The van der Waals surface area contributed by atoms with Crippen LogP contribution >= 0.6 is 0 Å². The molecule has 2 nitrogen and oxygen atoms in total. The van der Waals surface area contributed by atoms with Gasteiger partial charge in [0.15, 0.2) is 0 Å². The van der Waals surface area contributed by atoms with Crippen LogP contribution in [0.4, 0.5) is 0 Å². The third-order valence-corrected chi connectivity index (χ3v) is 3.20. The van der Waals surface area contributed by atoms with Gasteiger partial charge in [0.25, 0.3) is 0 Å². The predicted octanol–water partition coefficient (Wildman–Crippen LogP) is 4.10. The molecule has 0 aliphatic heterocycles. The minimum Gasteiger partial charge on any atom is -0.372 e. The molecule has 0 aliphatic rings. The second-order valence-electron chi connectivity index (χ2n) is 6.39. The number of ether oxygens (including phenoxy) is 1. The number of hydrogen-bond acceptors (Lipinski definition) is 2. The summed E-state index contributed by atoms with van der Waals surface area (Å²) in [5.74, 6) is 0. The Morgan fingerprint density at radius 3 is 2.32 bits per heavy atom. The first-order valence-corrected chi connectivity index (χ1v) is 7.31. The van der Waals surface area contributed by atoms with Gasteiger partial charge in [-0.05, 0) is 30.9 Å². The van der Waals surface area contributed by atoms with Crippen LogP contribution in [0, 0.1) is 12.3 Å². The van der Waals surface area contributed by atoms with E-state index < -0.39 is 0 Å². The molecule has 0 fully saturated rings. The van der Waals surface area contributed by atoms with Crippen molar-refractivity contribution in [1.82, 2.24) is 5.32 Å². The molecule has 1 N–H and O–H groups in total. The normalized spacial score (nSPS) is 13.5. The van der Waals surface area contributed by atoms with Gasteiger partial charge in [-0.25, -0.2) is 0 Å². The lowest BCUT2D eigenvalue weighted by atomic mass is 9.93. The highest BCUT2D eigenvalue weighted by Gasteiger charge is 2.14. The zero-order valence-corrected chi connectivity index (χ0v) is 13.1. The fourth-order valence-corrected chi connectivity index (χ4v) is 1.84. The van der Waals surface area contributed by atoms with Gasteiger partial charge in [0.2, 0.25) is 0 Å². The number of nitrogens with one attached hydrogen (secondary N) is 1. The first-order valence-electron chi connectivity index (χ1n) is 7.31. The molecule has 0 aliphatic carbocycles. The highest BCUT2D eigenvalue weighted by molar-refractivity contribution is 5.23. The summed E-state index contributed by atoms with van der Waals surface area (Å²) < 4.78 is 6.08. The molecule has 0 radical (unpaired) electrons. The van der Waals surface area contributed by atoms with Gasteiger partial charge in [0.1, 0.15) is 0 Å².